The number of piperidine rings is 1. The summed E-state index contributed by atoms with van der Waals surface area (Å²) >= 11 is 0. The van der Waals surface area contributed by atoms with E-state index < -0.39 is 0 Å². The van der Waals surface area contributed by atoms with Crippen molar-refractivity contribution in [2.24, 2.45) is 5.92 Å². The van der Waals surface area contributed by atoms with Crippen LogP contribution in [0.3, 0.4) is 0 Å². The number of pyridine rings is 1. The van der Waals surface area contributed by atoms with Crippen LogP contribution in [0.25, 0.3) is 11.0 Å². The van der Waals surface area contributed by atoms with Crippen molar-refractivity contribution in [3.8, 4) is 0 Å². The van der Waals surface area contributed by atoms with Gasteiger partial charge in [-0.1, -0.05) is 12.1 Å². The smallest absolute Gasteiger partial charge is 0.121 e. The summed E-state index contributed by atoms with van der Waals surface area (Å²) in [7, 11) is 2.20. The molecule has 4 heterocycles. The Morgan fingerprint density at radius 3 is 2.84 bits per heavy atom. The Morgan fingerprint density at radius 2 is 1.94 bits per heavy atom. The van der Waals surface area contributed by atoms with Gasteiger partial charge in [0.2, 0.25) is 0 Å². The Bertz CT molecular complexity index is 1070. The molecule has 0 unspecified atom stereocenters. The second kappa shape index (κ2) is 7.92. The average Bonchev–Trinajstić information content (AvgIpc) is 3.22. The first-order valence-corrected chi connectivity index (χ1v) is 11.9. The number of imidazole rings is 1. The van der Waals surface area contributed by atoms with Crippen molar-refractivity contribution in [1.82, 2.24) is 24.8 Å². The predicted octanol–water partition coefficient (Wildman–Crippen LogP) is 3.61. The van der Waals surface area contributed by atoms with Crippen molar-refractivity contribution in [2.45, 2.75) is 38.3 Å². The summed E-state index contributed by atoms with van der Waals surface area (Å²) in [6.45, 7) is 6.34. The third-order valence-electron chi connectivity index (χ3n) is 7.59. The van der Waals surface area contributed by atoms with Crippen LogP contribution in [0.4, 0.5) is 5.69 Å². The van der Waals surface area contributed by atoms with Gasteiger partial charge >= 0.3 is 0 Å². The first-order valence-electron chi connectivity index (χ1n) is 11.9. The SMILES string of the molecule is CN1CCN(c2cccc3[nH]c(CN4CCC[C@@H]5CCc6cccnc6[C@H]54)nc23)CC1. The van der Waals surface area contributed by atoms with Gasteiger partial charge < -0.3 is 14.8 Å². The van der Waals surface area contributed by atoms with E-state index in [1.807, 2.05) is 6.20 Å². The lowest BCUT2D eigenvalue weighted by atomic mass is 9.77. The van der Waals surface area contributed by atoms with Crippen LogP contribution in [-0.4, -0.2) is 64.5 Å². The topological polar surface area (TPSA) is 51.3 Å². The summed E-state index contributed by atoms with van der Waals surface area (Å²) in [5.74, 6) is 1.81. The molecule has 2 aliphatic heterocycles. The van der Waals surface area contributed by atoms with Crippen molar-refractivity contribution in [1.29, 1.82) is 0 Å². The summed E-state index contributed by atoms with van der Waals surface area (Å²) in [5.41, 5.74) is 6.31. The molecule has 3 aliphatic rings. The zero-order valence-electron chi connectivity index (χ0n) is 18.4. The Morgan fingerprint density at radius 1 is 1.03 bits per heavy atom. The quantitative estimate of drug-likeness (QED) is 0.707. The van der Waals surface area contributed by atoms with Crippen molar-refractivity contribution in [2.75, 3.05) is 44.7 Å². The third-order valence-corrected chi connectivity index (χ3v) is 7.59. The second-order valence-electron chi connectivity index (χ2n) is 9.55. The maximum atomic E-state index is 5.12. The van der Waals surface area contributed by atoms with E-state index >= 15 is 0 Å². The van der Waals surface area contributed by atoms with Crippen LogP contribution in [0, 0.1) is 5.92 Å². The normalized spacial score (nSPS) is 24.9. The molecule has 6 nitrogen and oxygen atoms in total. The highest BCUT2D eigenvalue weighted by Gasteiger charge is 2.37. The fourth-order valence-corrected chi connectivity index (χ4v) is 5.93. The summed E-state index contributed by atoms with van der Waals surface area (Å²) < 4.78 is 0. The van der Waals surface area contributed by atoms with Gasteiger partial charge in [0, 0.05) is 32.4 Å². The van der Waals surface area contributed by atoms with Gasteiger partial charge in [-0.2, -0.15) is 0 Å². The van der Waals surface area contributed by atoms with Gasteiger partial charge in [-0.15, -0.1) is 0 Å². The number of rotatable bonds is 3. The lowest BCUT2D eigenvalue weighted by Crippen LogP contribution is -2.44. The fourth-order valence-electron chi connectivity index (χ4n) is 5.93. The van der Waals surface area contributed by atoms with Crippen LogP contribution in [0.1, 0.15) is 42.4 Å². The molecule has 0 bridgehead atoms. The zero-order valence-corrected chi connectivity index (χ0v) is 18.4. The number of aryl methyl sites for hydroxylation is 1. The molecule has 0 saturated carbocycles. The molecule has 0 radical (unpaired) electrons. The van der Waals surface area contributed by atoms with Gasteiger partial charge in [0.05, 0.1) is 29.5 Å². The number of hydrogen-bond acceptors (Lipinski definition) is 5. The number of likely N-dealkylation sites (N-methyl/N-ethyl adjacent to an activating group) is 1. The van der Waals surface area contributed by atoms with Crippen LogP contribution in [0.15, 0.2) is 36.5 Å². The summed E-state index contributed by atoms with van der Waals surface area (Å²) in [6, 6.07) is 11.4. The van der Waals surface area contributed by atoms with Crippen molar-refractivity contribution >= 4 is 16.7 Å². The first kappa shape index (κ1) is 19.3. The zero-order chi connectivity index (χ0) is 20.8. The monoisotopic (exact) mass is 416 g/mol. The van der Waals surface area contributed by atoms with Crippen molar-refractivity contribution < 1.29 is 0 Å². The minimum Gasteiger partial charge on any atom is -0.367 e. The number of aromatic amines is 1. The molecule has 3 aromatic rings. The maximum Gasteiger partial charge on any atom is 0.121 e. The molecule has 162 valence electrons. The lowest BCUT2D eigenvalue weighted by molar-refractivity contribution is 0.0676. The molecule has 2 atom stereocenters. The number of benzene rings is 1. The Balaban J connectivity index is 1.29. The molecule has 6 rings (SSSR count). The average molecular weight is 417 g/mol. The molecule has 0 spiro atoms. The number of piperazine rings is 1. The number of para-hydroxylation sites is 1. The molecule has 1 aliphatic carbocycles. The van der Waals surface area contributed by atoms with Crippen LogP contribution in [0.5, 0.6) is 0 Å². The molecule has 2 fully saturated rings. The van der Waals surface area contributed by atoms with Crippen LogP contribution >= 0.6 is 0 Å². The van der Waals surface area contributed by atoms with E-state index in [2.05, 4.69) is 57.1 Å². The molecule has 6 heteroatoms. The Kier molecular flexibility index (Phi) is 4.92. The Labute approximate surface area is 184 Å². The minimum atomic E-state index is 0.434. The van der Waals surface area contributed by atoms with Gasteiger partial charge in [-0.3, -0.25) is 9.88 Å². The summed E-state index contributed by atoms with van der Waals surface area (Å²) in [4.78, 5) is 21.1. The van der Waals surface area contributed by atoms with E-state index in [0.29, 0.717) is 6.04 Å². The molecular formula is C25H32N6. The van der Waals surface area contributed by atoms with Crippen molar-refractivity contribution in [3.05, 3.63) is 53.6 Å². The third kappa shape index (κ3) is 3.52. The number of H-pyrrole nitrogens is 1. The molecule has 0 amide bonds. The molecule has 1 aromatic carbocycles. The maximum absolute atomic E-state index is 5.12. The number of anilines is 1. The first-order chi connectivity index (χ1) is 15.3. The lowest BCUT2D eigenvalue weighted by Gasteiger charge is -2.44. The van der Waals surface area contributed by atoms with E-state index in [1.54, 1.807) is 0 Å². The predicted molar refractivity (Wildman–Crippen MR) is 124 cm³/mol. The number of hydrogen-bond donors (Lipinski definition) is 1. The van der Waals surface area contributed by atoms with Crippen LogP contribution < -0.4 is 4.90 Å². The van der Waals surface area contributed by atoms with E-state index in [1.165, 1.54) is 42.6 Å². The number of aromatic nitrogens is 3. The van der Waals surface area contributed by atoms with Gasteiger partial charge in [0.25, 0.3) is 0 Å². The molecule has 2 aromatic heterocycles. The highest BCUT2D eigenvalue weighted by molar-refractivity contribution is 5.89. The summed E-state index contributed by atoms with van der Waals surface area (Å²) in [6.07, 6.45) is 7.03. The molecule has 1 N–H and O–H groups in total. The van der Waals surface area contributed by atoms with E-state index in [-0.39, 0.29) is 0 Å². The van der Waals surface area contributed by atoms with Crippen LogP contribution in [-0.2, 0) is 13.0 Å². The summed E-state index contributed by atoms with van der Waals surface area (Å²) in [5, 5.41) is 0. The van der Waals surface area contributed by atoms with Gasteiger partial charge in [0.15, 0.2) is 0 Å². The van der Waals surface area contributed by atoms with Gasteiger partial charge in [-0.05, 0) is 69.0 Å². The molecule has 31 heavy (non-hydrogen) atoms. The van der Waals surface area contributed by atoms with Crippen molar-refractivity contribution in [3.63, 3.8) is 0 Å². The number of nitrogens with one attached hydrogen (secondary N) is 1. The van der Waals surface area contributed by atoms with Crippen LogP contribution in [0.2, 0.25) is 0 Å². The Hall–Kier alpha value is -2.44. The molecule has 2 saturated heterocycles. The number of fused-ring (bicyclic) bond motifs is 4. The van der Waals surface area contributed by atoms with Gasteiger partial charge in [0.1, 0.15) is 11.3 Å². The highest BCUT2D eigenvalue weighted by atomic mass is 15.3. The van der Waals surface area contributed by atoms with E-state index in [0.717, 1.165) is 62.0 Å². The number of nitrogens with zero attached hydrogens (tertiary/aromatic N) is 5. The van der Waals surface area contributed by atoms with Gasteiger partial charge in [-0.25, -0.2) is 4.98 Å². The van der Waals surface area contributed by atoms with E-state index in [4.69, 9.17) is 9.97 Å². The standard InChI is InChI=1S/C25H32N6/c1-29-13-15-30(16-14-29)21-8-2-7-20-24(21)28-22(27-20)17-31-12-4-6-19-10-9-18-5-3-11-26-23(18)25(19)31/h2-3,5,7-8,11,19,25H,4,6,9-10,12-17H2,1H3,(H,27,28)/t19-,25+/m1/s1. The highest BCUT2D eigenvalue weighted by Crippen LogP contribution is 2.43. The number of likely N-dealkylation sites (tertiary alicyclic amines) is 1. The van der Waals surface area contributed by atoms with E-state index in [9.17, 15) is 0 Å². The molecular weight excluding hydrogens is 384 g/mol. The fraction of sp³-hybridized carbons (Fsp3) is 0.520. The minimum absolute atomic E-state index is 0.434. The second-order valence-corrected chi connectivity index (χ2v) is 9.55. The largest absolute Gasteiger partial charge is 0.367 e.